The van der Waals surface area contributed by atoms with Crippen molar-refractivity contribution in [1.82, 2.24) is 0 Å². The van der Waals surface area contributed by atoms with Crippen LogP contribution in [-0.2, 0) is 6.42 Å². The minimum absolute atomic E-state index is 0.554. The van der Waals surface area contributed by atoms with Gasteiger partial charge in [-0.3, -0.25) is 0 Å². The zero-order valence-electron chi connectivity index (χ0n) is 13.4. The number of benzene rings is 2. The number of fused-ring (bicyclic) bond motifs is 2. The third-order valence-corrected chi connectivity index (χ3v) is 4.39. The van der Waals surface area contributed by atoms with E-state index in [0.717, 1.165) is 6.42 Å². The van der Waals surface area contributed by atoms with Gasteiger partial charge in [0.25, 0.3) is 0 Å². The molecule has 108 valence electrons. The first-order valence-electron chi connectivity index (χ1n) is 7.79. The second-order valence-electron chi connectivity index (χ2n) is 6.11. The summed E-state index contributed by atoms with van der Waals surface area (Å²) in [4.78, 5) is 2.32. The summed E-state index contributed by atoms with van der Waals surface area (Å²) in [5, 5.41) is 0. The molecule has 0 bridgehead atoms. The maximum atomic E-state index is 2.33. The number of nitrogens with zero attached hydrogens (tertiary/aromatic N) is 1. The van der Waals surface area contributed by atoms with Crippen LogP contribution in [0.15, 0.2) is 36.4 Å². The minimum atomic E-state index is 0.554. The van der Waals surface area contributed by atoms with E-state index in [1.165, 1.54) is 33.6 Å². The highest BCUT2D eigenvalue weighted by atomic mass is 15.1. The molecule has 0 atom stereocenters. The van der Waals surface area contributed by atoms with Crippen LogP contribution in [-0.4, -0.2) is 7.05 Å². The van der Waals surface area contributed by atoms with Crippen molar-refractivity contribution in [3.63, 3.8) is 0 Å². The predicted molar refractivity (Wildman–Crippen MR) is 93.3 cm³/mol. The smallest absolute Gasteiger partial charge is 0.0484 e. The molecule has 0 radical (unpaired) electrons. The van der Waals surface area contributed by atoms with Gasteiger partial charge in [0.15, 0.2) is 0 Å². The van der Waals surface area contributed by atoms with Crippen molar-refractivity contribution in [2.24, 2.45) is 0 Å². The van der Waals surface area contributed by atoms with Crippen LogP contribution in [0.2, 0.25) is 0 Å². The Labute approximate surface area is 127 Å². The van der Waals surface area contributed by atoms with Crippen molar-refractivity contribution in [3.8, 4) is 0 Å². The third-order valence-electron chi connectivity index (χ3n) is 4.39. The highest BCUT2D eigenvalue weighted by molar-refractivity contribution is 5.88. The first-order valence-corrected chi connectivity index (χ1v) is 7.79. The maximum Gasteiger partial charge on any atom is 0.0484 e. The molecule has 1 heterocycles. The van der Waals surface area contributed by atoms with Crippen LogP contribution >= 0.6 is 0 Å². The predicted octanol–water partition coefficient (Wildman–Crippen LogP) is 5.62. The summed E-state index contributed by atoms with van der Waals surface area (Å²) in [6.45, 7) is 6.70. The van der Waals surface area contributed by atoms with Crippen LogP contribution in [0.1, 0.15) is 48.9 Å². The van der Waals surface area contributed by atoms with Gasteiger partial charge in [0, 0.05) is 18.4 Å². The van der Waals surface area contributed by atoms with E-state index in [2.05, 4.69) is 81.3 Å². The van der Waals surface area contributed by atoms with Crippen LogP contribution < -0.4 is 4.90 Å². The van der Waals surface area contributed by atoms with Crippen molar-refractivity contribution < 1.29 is 0 Å². The van der Waals surface area contributed by atoms with Gasteiger partial charge >= 0.3 is 0 Å². The quantitative estimate of drug-likeness (QED) is 0.688. The van der Waals surface area contributed by atoms with Crippen LogP contribution in [0.25, 0.3) is 12.2 Å². The molecule has 0 unspecified atom stereocenters. The Morgan fingerprint density at radius 1 is 0.905 bits per heavy atom. The third kappa shape index (κ3) is 2.49. The summed E-state index contributed by atoms with van der Waals surface area (Å²) in [6, 6.07) is 13.6. The Morgan fingerprint density at radius 2 is 1.67 bits per heavy atom. The zero-order chi connectivity index (χ0) is 15.0. The summed E-state index contributed by atoms with van der Waals surface area (Å²) in [5.74, 6) is 0.554. The molecule has 1 nitrogen and oxygen atoms in total. The largest absolute Gasteiger partial charge is 0.344 e. The lowest BCUT2D eigenvalue weighted by atomic mass is 10.00. The lowest BCUT2D eigenvalue weighted by Crippen LogP contribution is -2.12. The molecule has 0 aromatic heterocycles. The van der Waals surface area contributed by atoms with E-state index in [0.29, 0.717) is 5.92 Å². The first kappa shape index (κ1) is 13.9. The van der Waals surface area contributed by atoms with Crippen molar-refractivity contribution in [2.45, 2.75) is 33.1 Å². The summed E-state index contributed by atoms with van der Waals surface area (Å²) in [7, 11) is 2.17. The molecule has 1 heteroatoms. The molecule has 1 aliphatic heterocycles. The maximum absolute atomic E-state index is 2.33. The summed E-state index contributed by atoms with van der Waals surface area (Å²) in [5.41, 5.74) is 7.95. The van der Waals surface area contributed by atoms with E-state index in [4.69, 9.17) is 0 Å². The van der Waals surface area contributed by atoms with Gasteiger partial charge in [-0.05, 0) is 52.8 Å². The lowest BCUT2D eigenvalue weighted by molar-refractivity contribution is 0.866. The topological polar surface area (TPSA) is 3.24 Å². The average molecular weight is 277 g/mol. The Kier molecular flexibility index (Phi) is 3.59. The Bertz CT molecular complexity index is 695. The molecule has 0 saturated heterocycles. The summed E-state index contributed by atoms with van der Waals surface area (Å²) in [6.07, 6.45) is 5.56. The van der Waals surface area contributed by atoms with Crippen LogP contribution in [0.5, 0.6) is 0 Å². The van der Waals surface area contributed by atoms with E-state index in [-0.39, 0.29) is 0 Å². The van der Waals surface area contributed by atoms with Crippen LogP contribution in [0.4, 0.5) is 11.4 Å². The number of hydrogen-bond acceptors (Lipinski definition) is 1. The normalized spacial score (nSPS) is 13.1. The zero-order valence-corrected chi connectivity index (χ0v) is 13.4. The Hall–Kier alpha value is -2.02. The van der Waals surface area contributed by atoms with Crippen LogP contribution in [0.3, 0.4) is 0 Å². The minimum Gasteiger partial charge on any atom is -0.344 e. The monoisotopic (exact) mass is 277 g/mol. The van der Waals surface area contributed by atoms with E-state index >= 15 is 0 Å². The molecule has 0 amide bonds. The Morgan fingerprint density at radius 3 is 2.38 bits per heavy atom. The van der Waals surface area contributed by atoms with Gasteiger partial charge in [-0.15, -0.1) is 0 Å². The Balaban J connectivity index is 2.14. The fourth-order valence-corrected chi connectivity index (χ4v) is 2.92. The second-order valence-corrected chi connectivity index (χ2v) is 6.11. The second kappa shape index (κ2) is 5.40. The average Bonchev–Trinajstić information content (AvgIpc) is 2.64. The van der Waals surface area contributed by atoms with Gasteiger partial charge in [-0.25, -0.2) is 0 Å². The highest BCUT2D eigenvalue weighted by Gasteiger charge is 2.15. The lowest BCUT2D eigenvalue weighted by Gasteiger charge is -2.23. The number of aryl methyl sites for hydroxylation is 1. The number of anilines is 2. The van der Waals surface area contributed by atoms with Crippen molar-refractivity contribution in [2.75, 3.05) is 11.9 Å². The fourth-order valence-electron chi connectivity index (χ4n) is 2.92. The summed E-state index contributed by atoms with van der Waals surface area (Å²) < 4.78 is 0. The SMILES string of the molecule is CCc1ccc2c(c1)C=Cc1ccc(C(C)C)cc1N2C. The fraction of sp³-hybridized carbons (Fsp3) is 0.300. The van der Waals surface area contributed by atoms with Gasteiger partial charge in [0.1, 0.15) is 0 Å². The standard InChI is InChI=1S/C20H23N/c1-5-15-6-11-19-18(12-15)10-8-16-7-9-17(14(2)3)13-20(16)21(19)4/h6-14H,5H2,1-4H3. The molecule has 0 spiro atoms. The highest BCUT2D eigenvalue weighted by Crippen LogP contribution is 2.37. The number of rotatable bonds is 2. The van der Waals surface area contributed by atoms with Gasteiger partial charge < -0.3 is 4.90 Å². The molecule has 0 fully saturated rings. The van der Waals surface area contributed by atoms with Crippen LogP contribution in [0, 0.1) is 0 Å². The molecular weight excluding hydrogens is 254 g/mol. The molecule has 3 rings (SSSR count). The molecule has 0 saturated carbocycles. The van der Waals surface area contributed by atoms with Gasteiger partial charge in [0.2, 0.25) is 0 Å². The van der Waals surface area contributed by atoms with E-state index in [9.17, 15) is 0 Å². The van der Waals surface area contributed by atoms with Crippen molar-refractivity contribution >= 4 is 23.5 Å². The van der Waals surface area contributed by atoms with Gasteiger partial charge in [-0.1, -0.05) is 51.1 Å². The van der Waals surface area contributed by atoms with Gasteiger partial charge in [-0.2, -0.15) is 0 Å². The van der Waals surface area contributed by atoms with Crippen molar-refractivity contribution in [3.05, 3.63) is 58.7 Å². The number of hydrogen-bond donors (Lipinski definition) is 0. The van der Waals surface area contributed by atoms with Crippen molar-refractivity contribution in [1.29, 1.82) is 0 Å². The molecule has 21 heavy (non-hydrogen) atoms. The summed E-state index contributed by atoms with van der Waals surface area (Å²) >= 11 is 0. The molecule has 1 aliphatic rings. The van der Waals surface area contributed by atoms with E-state index in [1.54, 1.807) is 0 Å². The molecule has 0 aliphatic carbocycles. The molecular formula is C20H23N. The van der Waals surface area contributed by atoms with E-state index < -0.39 is 0 Å². The molecule has 2 aromatic carbocycles. The molecule has 2 aromatic rings. The van der Waals surface area contributed by atoms with E-state index in [1.807, 2.05) is 0 Å². The van der Waals surface area contributed by atoms with Gasteiger partial charge in [0.05, 0.1) is 0 Å². The molecule has 0 N–H and O–H groups in total. The first-order chi connectivity index (χ1) is 10.1.